The molecule has 1 atom stereocenters. The van der Waals surface area contributed by atoms with Gasteiger partial charge in [0.1, 0.15) is 0 Å². The number of hydrogen-bond donors (Lipinski definition) is 1. The van der Waals surface area contributed by atoms with Gasteiger partial charge in [-0.3, -0.25) is 0 Å². The molecule has 0 saturated heterocycles. The number of halogens is 4. The van der Waals surface area contributed by atoms with Gasteiger partial charge < -0.3 is 5.73 Å². The lowest BCUT2D eigenvalue weighted by atomic mass is 9.85. The molecule has 1 nitrogen and oxygen atoms in total. The number of hydrogen-bond acceptors (Lipinski definition) is 1. The number of nitrogens with two attached hydrogens (primary N) is 1. The summed E-state index contributed by atoms with van der Waals surface area (Å²) in [5.74, 6) is -1.83. The van der Waals surface area contributed by atoms with Gasteiger partial charge in [-0.05, 0) is 42.3 Å². The van der Waals surface area contributed by atoms with Gasteiger partial charge in [0.15, 0.2) is 11.6 Å². The Kier molecular flexibility index (Phi) is 3.95. The molecule has 0 amide bonds. The predicted octanol–water partition coefficient (Wildman–Crippen LogP) is 4.60. The smallest absolute Gasteiger partial charge is 0.159 e. The van der Waals surface area contributed by atoms with Crippen molar-refractivity contribution in [2.75, 3.05) is 0 Å². The van der Waals surface area contributed by atoms with Gasteiger partial charge in [-0.25, -0.2) is 8.78 Å². The summed E-state index contributed by atoms with van der Waals surface area (Å²) in [4.78, 5) is 0. The first-order chi connectivity index (χ1) is 8.82. The minimum Gasteiger partial charge on any atom is -0.318 e. The van der Waals surface area contributed by atoms with E-state index in [9.17, 15) is 8.78 Å². The summed E-state index contributed by atoms with van der Waals surface area (Å²) in [7, 11) is 0. The van der Waals surface area contributed by atoms with Gasteiger partial charge >= 0.3 is 0 Å². The zero-order valence-corrected chi connectivity index (χ0v) is 12.4. The summed E-state index contributed by atoms with van der Waals surface area (Å²) in [6, 6.07) is 8.87. The van der Waals surface area contributed by atoms with Crippen LogP contribution in [-0.2, 0) is 5.54 Å². The highest BCUT2D eigenvalue weighted by Crippen LogP contribution is 2.33. The normalized spacial score (nSPS) is 14.2. The Hall–Kier alpha value is -0.970. The van der Waals surface area contributed by atoms with Crippen LogP contribution < -0.4 is 5.73 Å². The molecule has 0 aliphatic rings. The highest BCUT2D eigenvalue weighted by molar-refractivity contribution is 9.10. The Balaban J connectivity index is 2.54. The van der Waals surface area contributed by atoms with E-state index in [1.165, 1.54) is 6.07 Å². The number of benzene rings is 2. The van der Waals surface area contributed by atoms with E-state index in [-0.39, 0.29) is 0 Å². The van der Waals surface area contributed by atoms with Gasteiger partial charge in [0.05, 0.1) is 5.54 Å². The molecule has 0 saturated carbocycles. The van der Waals surface area contributed by atoms with Crippen molar-refractivity contribution >= 4 is 27.5 Å². The molecule has 2 aromatic carbocycles. The standard InChI is InChI=1S/C14H11BrClF2N/c1-14(19,8-2-5-12(17)13(18)6-8)10-4-3-9(15)7-11(10)16/h2-7H,19H2,1H3. The molecule has 2 aromatic rings. The SMILES string of the molecule is CC(N)(c1ccc(F)c(F)c1)c1ccc(Br)cc1Cl. The summed E-state index contributed by atoms with van der Waals surface area (Å²) in [6.45, 7) is 1.70. The lowest BCUT2D eigenvalue weighted by Crippen LogP contribution is -2.34. The predicted molar refractivity (Wildman–Crippen MR) is 76.2 cm³/mol. The quantitative estimate of drug-likeness (QED) is 0.845. The van der Waals surface area contributed by atoms with Crippen LogP contribution in [0, 0.1) is 11.6 Å². The maximum absolute atomic E-state index is 13.3. The highest BCUT2D eigenvalue weighted by atomic mass is 79.9. The maximum atomic E-state index is 13.3. The summed E-state index contributed by atoms with van der Waals surface area (Å²) >= 11 is 9.46. The Labute approximate surface area is 123 Å². The first kappa shape index (κ1) is 14.4. The maximum Gasteiger partial charge on any atom is 0.159 e. The summed E-state index contributed by atoms with van der Waals surface area (Å²) in [6.07, 6.45) is 0. The van der Waals surface area contributed by atoms with Crippen LogP contribution in [-0.4, -0.2) is 0 Å². The zero-order valence-electron chi connectivity index (χ0n) is 10.1. The van der Waals surface area contributed by atoms with Crippen LogP contribution >= 0.6 is 27.5 Å². The van der Waals surface area contributed by atoms with Crippen molar-refractivity contribution in [3.63, 3.8) is 0 Å². The minimum absolute atomic E-state index is 0.454. The first-order valence-electron chi connectivity index (χ1n) is 5.52. The van der Waals surface area contributed by atoms with E-state index < -0.39 is 17.2 Å². The van der Waals surface area contributed by atoms with Gasteiger partial charge in [0.25, 0.3) is 0 Å². The van der Waals surface area contributed by atoms with Crippen molar-refractivity contribution in [2.24, 2.45) is 5.73 Å². The summed E-state index contributed by atoms with van der Waals surface area (Å²) < 4.78 is 27.1. The van der Waals surface area contributed by atoms with Crippen LogP contribution in [0.5, 0.6) is 0 Å². The van der Waals surface area contributed by atoms with Gasteiger partial charge in [-0.1, -0.05) is 39.7 Å². The molecule has 100 valence electrons. The zero-order chi connectivity index (χ0) is 14.2. The molecule has 0 spiro atoms. The molecule has 2 N–H and O–H groups in total. The third kappa shape index (κ3) is 2.81. The monoisotopic (exact) mass is 345 g/mol. The molecule has 5 heteroatoms. The van der Waals surface area contributed by atoms with E-state index in [1.54, 1.807) is 25.1 Å². The molecule has 19 heavy (non-hydrogen) atoms. The van der Waals surface area contributed by atoms with Gasteiger partial charge in [-0.2, -0.15) is 0 Å². The summed E-state index contributed by atoms with van der Waals surface area (Å²) in [5, 5.41) is 0.462. The van der Waals surface area contributed by atoms with E-state index in [2.05, 4.69) is 15.9 Å². The Morgan fingerprint density at radius 1 is 1.11 bits per heavy atom. The van der Waals surface area contributed by atoms with Crippen LogP contribution in [0.4, 0.5) is 8.78 Å². The molecule has 0 fully saturated rings. The van der Waals surface area contributed by atoms with Crippen LogP contribution in [0.1, 0.15) is 18.1 Å². The lowest BCUT2D eigenvalue weighted by Gasteiger charge is -2.27. The highest BCUT2D eigenvalue weighted by Gasteiger charge is 2.27. The largest absolute Gasteiger partial charge is 0.318 e. The molecule has 1 unspecified atom stereocenters. The van der Waals surface area contributed by atoms with Gasteiger partial charge in [0, 0.05) is 9.50 Å². The third-order valence-corrected chi connectivity index (χ3v) is 3.82. The van der Waals surface area contributed by atoms with Crippen LogP contribution in [0.2, 0.25) is 5.02 Å². The lowest BCUT2D eigenvalue weighted by molar-refractivity contribution is 0.500. The summed E-state index contributed by atoms with van der Waals surface area (Å²) in [5.41, 5.74) is 6.33. The van der Waals surface area contributed by atoms with Crippen molar-refractivity contribution in [3.05, 3.63) is 68.7 Å². The fraction of sp³-hybridized carbons (Fsp3) is 0.143. The fourth-order valence-electron chi connectivity index (χ4n) is 1.89. The first-order valence-corrected chi connectivity index (χ1v) is 6.69. The van der Waals surface area contributed by atoms with E-state index in [0.29, 0.717) is 16.1 Å². The van der Waals surface area contributed by atoms with E-state index >= 15 is 0 Å². The second kappa shape index (κ2) is 5.19. The third-order valence-electron chi connectivity index (χ3n) is 3.01. The second-order valence-corrected chi connectivity index (χ2v) is 5.78. The molecule has 0 aromatic heterocycles. The van der Waals surface area contributed by atoms with Crippen LogP contribution in [0.25, 0.3) is 0 Å². The van der Waals surface area contributed by atoms with Crippen molar-refractivity contribution in [2.45, 2.75) is 12.5 Å². The molecule has 2 rings (SSSR count). The van der Waals surface area contributed by atoms with Crippen molar-refractivity contribution in [3.8, 4) is 0 Å². The topological polar surface area (TPSA) is 26.0 Å². The molecular weight excluding hydrogens is 336 g/mol. The molecular formula is C14H11BrClF2N. The number of rotatable bonds is 2. The van der Waals surface area contributed by atoms with E-state index in [0.717, 1.165) is 16.6 Å². The molecule has 0 aliphatic carbocycles. The van der Waals surface area contributed by atoms with Crippen LogP contribution in [0.15, 0.2) is 40.9 Å². The molecule has 0 radical (unpaired) electrons. The van der Waals surface area contributed by atoms with E-state index in [1.807, 2.05) is 0 Å². The Morgan fingerprint density at radius 2 is 1.79 bits per heavy atom. The fourth-order valence-corrected chi connectivity index (χ4v) is 2.76. The van der Waals surface area contributed by atoms with Gasteiger partial charge in [0.2, 0.25) is 0 Å². The Bertz CT molecular complexity index is 629. The second-order valence-electron chi connectivity index (χ2n) is 4.46. The van der Waals surface area contributed by atoms with Crippen molar-refractivity contribution in [1.29, 1.82) is 0 Å². The average Bonchev–Trinajstić information content (AvgIpc) is 2.32. The van der Waals surface area contributed by atoms with Crippen molar-refractivity contribution < 1.29 is 8.78 Å². The van der Waals surface area contributed by atoms with Crippen molar-refractivity contribution in [1.82, 2.24) is 0 Å². The minimum atomic E-state index is -1.01. The molecule has 0 heterocycles. The van der Waals surface area contributed by atoms with Crippen LogP contribution in [0.3, 0.4) is 0 Å². The Morgan fingerprint density at radius 3 is 2.37 bits per heavy atom. The average molecular weight is 347 g/mol. The van der Waals surface area contributed by atoms with Gasteiger partial charge in [-0.15, -0.1) is 0 Å². The molecule has 0 bridgehead atoms. The molecule has 0 aliphatic heterocycles. The van der Waals surface area contributed by atoms with E-state index in [4.69, 9.17) is 17.3 Å².